The topological polar surface area (TPSA) is 66.4 Å². The van der Waals surface area contributed by atoms with E-state index >= 15 is 0 Å². The molecule has 3 rings (SSSR count). The summed E-state index contributed by atoms with van der Waals surface area (Å²) < 4.78 is 39.2. The molecule has 0 fully saturated rings. The van der Waals surface area contributed by atoms with Gasteiger partial charge in [-0.15, -0.1) is 0 Å². The number of rotatable bonds is 4. The summed E-state index contributed by atoms with van der Waals surface area (Å²) in [7, 11) is -2.57. The van der Waals surface area contributed by atoms with E-state index in [9.17, 15) is 13.0 Å². The minimum absolute atomic E-state index is 0.0449. The minimum atomic E-state index is -4.27. The Bertz CT molecular complexity index is 906. The van der Waals surface area contributed by atoms with Gasteiger partial charge in [0.2, 0.25) is 0 Å². The molecule has 0 heterocycles. The number of hydrogen-bond acceptors (Lipinski definition) is 4. The molecule has 0 saturated carbocycles. The molecule has 0 spiro atoms. The Morgan fingerprint density at radius 1 is 0.808 bits per heavy atom. The molecular formula is C20H19IO4S. The lowest BCUT2D eigenvalue weighted by Crippen LogP contribution is -3.61. The highest BCUT2D eigenvalue weighted by molar-refractivity contribution is 7.85. The van der Waals surface area contributed by atoms with Crippen molar-refractivity contribution in [2.75, 3.05) is 7.11 Å². The van der Waals surface area contributed by atoms with Crippen molar-refractivity contribution < 1.29 is 38.9 Å². The van der Waals surface area contributed by atoms with Gasteiger partial charge < -0.3 is 9.29 Å². The fourth-order valence-corrected chi connectivity index (χ4v) is 4.62. The number of ether oxygens (including phenoxy) is 1. The van der Waals surface area contributed by atoms with Crippen LogP contribution in [0.3, 0.4) is 0 Å². The smallest absolute Gasteiger partial charge is 0.357 e. The maximum absolute atomic E-state index is 10.4. The molecule has 0 aliphatic carbocycles. The molecule has 0 amide bonds. The highest BCUT2D eigenvalue weighted by Gasteiger charge is 2.14. The Kier molecular flexibility index (Phi) is 7.62. The average molecular weight is 482 g/mol. The predicted octanol–water partition coefficient (Wildman–Crippen LogP) is 0.723. The molecular weight excluding hydrogens is 463 g/mol. The highest BCUT2D eigenvalue weighted by Crippen LogP contribution is 2.08. The summed E-state index contributed by atoms with van der Waals surface area (Å²) >= 11 is -0.0449. The summed E-state index contributed by atoms with van der Waals surface area (Å²) in [5.74, 6) is 0.927. The predicted molar refractivity (Wildman–Crippen MR) is 96.0 cm³/mol. The van der Waals surface area contributed by atoms with Gasteiger partial charge in [0.05, 0.1) is 12.0 Å². The van der Waals surface area contributed by atoms with Crippen LogP contribution in [0.4, 0.5) is 0 Å². The van der Waals surface area contributed by atoms with Crippen LogP contribution in [-0.4, -0.2) is 20.1 Å². The molecule has 0 bridgehead atoms. The van der Waals surface area contributed by atoms with Gasteiger partial charge in [0.25, 0.3) is 0 Å². The lowest BCUT2D eigenvalue weighted by Gasteiger charge is -2.05. The first kappa shape index (κ1) is 20.4. The number of aryl methyl sites for hydroxylation is 1. The van der Waals surface area contributed by atoms with Crippen LogP contribution in [0.5, 0.6) is 5.75 Å². The Morgan fingerprint density at radius 2 is 1.35 bits per heavy atom. The second-order valence-corrected chi connectivity index (χ2v) is 9.73. The number of methoxy groups -OCH3 is 1. The van der Waals surface area contributed by atoms with Gasteiger partial charge in [0.1, 0.15) is 15.9 Å². The highest BCUT2D eigenvalue weighted by atomic mass is 127. The standard InChI is InChI=1S/C13H12IO.C7H8O3S/c1-15-13-9-7-12(8-10-13)14-11-5-3-2-4-6-11;1-6-2-4-7(5-3-6)11(8,9)10/h2-10H,1H3;2-5H,1H3,(H,8,9,10)/q+1;/p-1. The fourth-order valence-electron chi connectivity index (χ4n) is 1.94. The van der Waals surface area contributed by atoms with Gasteiger partial charge >= 0.3 is 21.2 Å². The van der Waals surface area contributed by atoms with Gasteiger partial charge in [-0.25, -0.2) is 8.42 Å². The minimum Gasteiger partial charge on any atom is -0.744 e. The molecule has 0 N–H and O–H groups in total. The molecule has 0 saturated heterocycles. The van der Waals surface area contributed by atoms with Crippen molar-refractivity contribution in [1.82, 2.24) is 0 Å². The van der Waals surface area contributed by atoms with E-state index in [0.29, 0.717) is 0 Å². The zero-order valence-corrected chi connectivity index (χ0v) is 17.4. The molecule has 0 radical (unpaired) electrons. The van der Waals surface area contributed by atoms with Gasteiger partial charge in [0.15, 0.2) is 7.14 Å². The third-order valence-electron chi connectivity index (χ3n) is 3.31. The molecule has 3 aromatic carbocycles. The quantitative estimate of drug-likeness (QED) is 0.406. The second kappa shape index (κ2) is 9.70. The number of hydrogen-bond donors (Lipinski definition) is 0. The van der Waals surface area contributed by atoms with Crippen LogP contribution in [0.25, 0.3) is 0 Å². The molecule has 0 aromatic heterocycles. The Balaban J connectivity index is 0.000000197. The molecule has 0 atom stereocenters. The summed E-state index contributed by atoms with van der Waals surface area (Å²) in [6.07, 6.45) is 0. The lowest BCUT2D eigenvalue weighted by atomic mass is 10.2. The second-order valence-electron chi connectivity index (χ2n) is 5.32. The molecule has 0 aliphatic rings. The van der Waals surface area contributed by atoms with Crippen LogP contribution in [0.15, 0.2) is 83.8 Å². The Morgan fingerprint density at radius 3 is 1.85 bits per heavy atom. The van der Waals surface area contributed by atoms with Crippen LogP contribution in [0, 0.1) is 14.1 Å². The fraction of sp³-hybridized carbons (Fsp3) is 0.100. The van der Waals surface area contributed by atoms with Crippen LogP contribution < -0.4 is 25.9 Å². The van der Waals surface area contributed by atoms with E-state index in [-0.39, 0.29) is 26.1 Å². The van der Waals surface area contributed by atoms with Crippen molar-refractivity contribution in [3.05, 3.63) is 91.6 Å². The zero-order chi connectivity index (χ0) is 19.0. The largest absolute Gasteiger partial charge is 0.744 e. The Hall–Kier alpha value is -1.90. The SMILES string of the molecule is COc1ccc([I+]c2ccccc2)cc1.Cc1ccc(S(=O)(=O)[O-])cc1. The third-order valence-corrected chi connectivity index (χ3v) is 6.84. The van der Waals surface area contributed by atoms with Gasteiger partial charge in [-0.1, -0.05) is 35.9 Å². The van der Waals surface area contributed by atoms with Crippen molar-refractivity contribution in [3.63, 3.8) is 0 Å². The summed E-state index contributed by atoms with van der Waals surface area (Å²) in [5, 5.41) is 0. The van der Waals surface area contributed by atoms with E-state index in [1.165, 1.54) is 19.3 Å². The third kappa shape index (κ3) is 6.78. The van der Waals surface area contributed by atoms with E-state index in [1.807, 2.05) is 19.1 Å². The van der Waals surface area contributed by atoms with E-state index < -0.39 is 10.1 Å². The van der Waals surface area contributed by atoms with Crippen molar-refractivity contribution in [2.24, 2.45) is 0 Å². The van der Waals surface area contributed by atoms with E-state index in [1.54, 1.807) is 19.2 Å². The van der Waals surface area contributed by atoms with Crippen LogP contribution in [0.1, 0.15) is 5.56 Å². The first-order valence-corrected chi connectivity index (χ1v) is 11.3. The van der Waals surface area contributed by atoms with Crippen LogP contribution in [-0.2, 0) is 10.1 Å². The van der Waals surface area contributed by atoms with Crippen molar-refractivity contribution in [3.8, 4) is 5.75 Å². The number of benzene rings is 3. The molecule has 26 heavy (non-hydrogen) atoms. The van der Waals surface area contributed by atoms with Crippen molar-refractivity contribution >= 4 is 10.1 Å². The van der Waals surface area contributed by atoms with Crippen LogP contribution in [0.2, 0.25) is 0 Å². The maximum Gasteiger partial charge on any atom is 0.357 e. The van der Waals surface area contributed by atoms with Gasteiger partial charge in [0, 0.05) is 0 Å². The van der Waals surface area contributed by atoms with E-state index in [4.69, 9.17) is 4.74 Å². The molecule has 6 heteroatoms. The Labute approximate surface area is 164 Å². The van der Waals surface area contributed by atoms with Gasteiger partial charge in [-0.3, -0.25) is 0 Å². The zero-order valence-electron chi connectivity index (χ0n) is 14.4. The average Bonchev–Trinajstić information content (AvgIpc) is 2.63. The lowest BCUT2D eigenvalue weighted by molar-refractivity contribution is -0.597. The van der Waals surface area contributed by atoms with E-state index in [0.717, 1.165) is 11.3 Å². The molecule has 0 unspecified atom stereocenters. The van der Waals surface area contributed by atoms with Crippen molar-refractivity contribution in [2.45, 2.75) is 11.8 Å². The first-order chi connectivity index (χ1) is 12.4. The van der Waals surface area contributed by atoms with Crippen molar-refractivity contribution in [1.29, 1.82) is 0 Å². The van der Waals surface area contributed by atoms with Gasteiger partial charge in [-0.05, 0) is 55.5 Å². The summed E-state index contributed by atoms with van der Waals surface area (Å²) in [5.41, 5.74) is 0.928. The van der Waals surface area contributed by atoms with Gasteiger partial charge in [-0.2, -0.15) is 0 Å². The summed E-state index contributed by atoms with van der Waals surface area (Å²) in [4.78, 5) is -0.178. The normalized spacial score (nSPS) is 10.6. The molecule has 0 aliphatic heterocycles. The molecule has 136 valence electrons. The monoisotopic (exact) mass is 482 g/mol. The van der Waals surface area contributed by atoms with E-state index in [2.05, 4.69) is 42.5 Å². The maximum atomic E-state index is 10.4. The number of halogens is 1. The molecule has 4 nitrogen and oxygen atoms in total. The summed E-state index contributed by atoms with van der Waals surface area (Å²) in [6.45, 7) is 1.82. The van der Waals surface area contributed by atoms with Crippen LogP contribution >= 0.6 is 0 Å². The first-order valence-electron chi connectivity index (χ1n) is 7.75. The molecule has 3 aromatic rings. The summed E-state index contributed by atoms with van der Waals surface area (Å²) in [6, 6.07) is 24.8.